The Balaban J connectivity index is 1.32. The van der Waals surface area contributed by atoms with Gasteiger partial charge in [-0.1, -0.05) is 48.5 Å². The van der Waals surface area contributed by atoms with Gasteiger partial charge in [0.15, 0.2) is 0 Å². The van der Waals surface area contributed by atoms with E-state index in [2.05, 4.69) is 22.4 Å². The highest BCUT2D eigenvalue weighted by molar-refractivity contribution is 7.98. The molecule has 11 nitrogen and oxygen atoms in total. The number of nitrogens with zero attached hydrogens (tertiary/aromatic N) is 5. The quantitative estimate of drug-likeness (QED) is 0.119. The number of ether oxygens (including phenoxy) is 2. The fourth-order valence-electron chi connectivity index (χ4n) is 5.70. The highest BCUT2D eigenvalue weighted by atomic mass is 35.5. The Morgan fingerprint density at radius 1 is 1.14 bits per heavy atom. The van der Waals surface area contributed by atoms with Gasteiger partial charge in [0.2, 0.25) is 5.91 Å². The summed E-state index contributed by atoms with van der Waals surface area (Å²) in [7, 11) is 0. The normalized spacial score (nSPS) is 18.1. The van der Waals surface area contributed by atoms with Crippen LogP contribution in [0, 0.1) is 28.6 Å². The Morgan fingerprint density at radius 3 is 2.52 bits per heavy atom. The number of anilines is 1. The van der Waals surface area contributed by atoms with Crippen molar-refractivity contribution in [3.63, 3.8) is 0 Å². The minimum Gasteiger partial charge on any atom is -0.490 e. The number of hydrogen-bond donors (Lipinski definition) is 2. The van der Waals surface area contributed by atoms with E-state index in [4.69, 9.17) is 36.8 Å². The fraction of sp³-hybridized carbons (Fsp3) is 0.389. The summed E-state index contributed by atoms with van der Waals surface area (Å²) in [5, 5.41) is 27.7. The molecular formula is C36H38ClN7O4S2. The summed E-state index contributed by atoms with van der Waals surface area (Å²) in [4.78, 5) is 35.9. The second-order valence-electron chi connectivity index (χ2n) is 12.1. The Labute approximate surface area is 305 Å². The van der Waals surface area contributed by atoms with Gasteiger partial charge >= 0.3 is 5.97 Å². The van der Waals surface area contributed by atoms with Crippen molar-refractivity contribution in [1.29, 1.82) is 10.5 Å². The molecule has 3 heterocycles. The van der Waals surface area contributed by atoms with Crippen LogP contribution in [0.25, 0.3) is 10.6 Å². The molecule has 0 saturated carbocycles. The molecule has 0 spiro atoms. The van der Waals surface area contributed by atoms with Crippen LogP contribution >= 0.6 is 34.7 Å². The first kappa shape index (κ1) is 36.9. The Morgan fingerprint density at radius 2 is 1.86 bits per heavy atom. The van der Waals surface area contributed by atoms with Gasteiger partial charge in [-0.2, -0.15) is 10.5 Å². The number of esters is 1. The molecule has 1 aliphatic heterocycles. The minimum atomic E-state index is -0.839. The van der Waals surface area contributed by atoms with Crippen molar-refractivity contribution < 1.29 is 19.1 Å². The molecule has 2 aliphatic rings. The van der Waals surface area contributed by atoms with Gasteiger partial charge in [-0.05, 0) is 56.9 Å². The first-order valence-electron chi connectivity index (χ1n) is 16.3. The summed E-state index contributed by atoms with van der Waals surface area (Å²) in [5.74, 6) is 0.267. The van der Waals surface area contributed by atoms with Crippen LogP contribution in [0.5, 0.6) is 0 Å². The van der Waals surface area contributed by atoms with Crippen LogP contribution in [-0.2, 0) is 24.8 Å². The van der Waals surface area contributed by atoms with E-state index in [1.807, 2.05) is 54.8 Å². The molecule has 14 heteroatoms. The molecule has 2 unspecified atom stereocenters. The number of thioether (sulfide) groups is 1. The molecule has 5 rings (SSSR count). The van der Waals surface area contributed by atoms with Crippen molar-refractivity contribution >= 4 is 52.4 Å². The van der Waals surface area contributed by atoms with Crippen LogP contribution < -0.4 is 16.0 Å². The number of pyridine rings is 1. The predicted molar refractivity (Wildman–Crippen MR) is 195 cm³/mol. The van der Waals surface area contributed by atoms with Crippen molar-refractivity contribution in [2.24, 2.45) is 11.7 Å². The Bertz CT molecular complexity index is 1860. The Hall–Kier alpha value is -4.40. The van der Waals surface area contributed by atoms with E-state index in [1.54, 1.807) is 11.3 Å². The maximum Gasteiger partial charge on any atom is 0.328 e. The molecule has 2 aromatic heterocycles. The van der Waals surface area contributed by atoms with Gasteiger partial charge in [-0.25, -0.2) is 14.8 Å². The second-order valence-corrected chi connectivity index (χ2v) is 14.4. The van der Waals surface area contributed by atoms with E-state index in [1.165, 1.54) is 25.6 Å². The van der Waals surface area contributed by atoms with Crippen LogP contribution in [0.3, 0.4) is 0 Å². The van der Waals surface area contributed by atoms with Gasteiger partial charge in [-0.15, -0.1) is 11.3 Å². The van der Waals surface area contributed by atoms with Gasteiger partial charge < -0.3 is 25.4 Å². The van der Waals surface area contributed by atoms with Crippen molar-refractivity contribution in [3.05, 3.63) is 81.0 Å². The van der Waals surface area contributed by atoms with E-state index >= 15 is 0 Å². The average Bonchev–Trinajstić information content (AvgIpc) is 3.82. The van der Waals surface area contributed by atoms with E-state index in [0.29, 0.717) is 44.1 Å². The number of amides is 1. The number of carbonyl (C=O) groups is 2. The van der Waals surface area contributed by atoms with Gasteiger partial charge in [0, 0.05) is 46.3 Å². The topological polar surface area (TPSA) is 167 Å². The van der Waals surface area contributed by atoms with Crippen LogP contribution in [0.2, 0.25) is 5.02 Å². The molecule has 1 amide bonds. The summed E-state index contributed by atoms with van der Waals surface area (Å²) in [6, 6.07) is 10.8. The third-order valence-electron chi connectivity index (χ3n) is 8.33. The third kappa shape index (κ3) is 8.84. The number of aromatic nitrogens is 2. The summed E-state index contributed by atoms with van der Waals surface area (Å²) in [5.41, 5.74) is 8.86. The van der Waals surface area contributed by atoms with Crippen LogP contribution in [-0.4, -0.2) is 60.2 Å². The van der Waals surface area contributed by atoms with Crippen molar-refractivity contribution in [2.45, 2.75) is 62.4 Å². The number of rotatable bonds is 13. The lowest BCUT2D eigenvalue weighted by Gasteiger charge is -2.28. The number of hydrogen-bond acceptors (Lipinski definition) is 12. The number of thiazole rings is 1. The molecule has 3 N–H and O–H groups in total. The number of allylic oxidation sites excluding steroid dienone is 3. The van der Waals surface area contributed by atoms with Gasteiger partial charge in [0.05, 0.1) is 22.9 Å². The van der Waals surface area contributed by atoms with Crippen molar-refractivity contribution in [2.75, 3.05) is 31.2 Å². The zero-order valence-corrected chi connectivity index (χ0v) is 30.4. The first-order chi connectivity index (χ1) is 24.1. The Kier molecular flexibility index (Phi) is 12.5. The smallest absolute Gasteiger partial charge is 0.328 e. The van der Waals surface area contributed by atoms with E-state index < -0.39 is 24.0 Å². The molecule has 50 heavy (non-hydrogen) atoms. The van der Waals surface area contributed by atoms with E-state index in [0.717, 1.165) is 42.2 Å². The number of benzene rings is 1. The first-order valence-corrected chi connectivity index (χ1v) is 18.6. The maximum absolute atomic E-state index is 12.2. The highest BCUT2D eigenvalue weighted by Gasteiger charge is 2.32. The predicted octanol–water partition coefficient (Wildman–Crippen LogP) is 6.08. The largest absolute Gasteiger partial charge is 0.490 e. The molecule has 1 saturated heterocycles. The average molecular weight is 732 g/mol. The molecular weight excluding hydrogens is 694 g/mol. The van der Waals surface area contributed by atoms with Gasteiger partial charge in [-0.3, -0.25) is 4.79 Å². The van der Waals surface area contributed by atoms with Crippen LogP contribution in [0.4, 0.5) is 5.82 Å². The molecule has 260 valence electrons. The van der Waals surface area contributed by atoms with Gasteiger partial charge in [0.25, 0.3) is 0 Å². The third-order valence-corrected chi connectivity index (χ3v) is 10.5. The number of halogens is 1. The zero-order chi connectivity index (χ0) is 35.8. The molecule has 0 radical (unpaired) electrons. The molecule has 1 fully saturated rings. The van der Waals surface area contributed by atoms with E-state index in [-0.39, 0.29) is 25.0 Å². The molecule has 1 aliphatic carbocycles. The summed E-state index contributed by atoms with van der Waals surface area (Å²) < 4.78 is 11.1. The monoisotopic (exact) mass is 731 g/mol. The molecule has 4 atom stereocenters. The van der Waals surface area contributed by atoms with Crippen molar-refractivity contribution in [3.8, 4) is 22.7 Å². The standard InChI is InChI=1S/C36H38ClN7O4S2/c1-21-16-27(47-14-15-48-36(46)23(3)41-33(45)22(2)40)10-11-28(21)31-29(17-38)32(44-12-4-5-13-44)43-35(30(31)18-39)50-20-26-19-49-34(42-26)24-6-8-25(37)9-7-24/h6-11,16,19,21-23,28H,4-5,12-15,20,40H2,1-3H3,(H,41,45)/t21?,22-,23-,28?/m0/s1. The SMILES string of the molecule is CC1C=C(OCCOC(=O)[C@H](C)NC(=O)[C@H](C)N)C=CC1c1c(C#N)c(SCc2csc(-c3ccc(Cl)cc3)n2)nc(N2CCCC2)c1C#N. The summed E-state index contributed by atoms with van der Waals surface area (Å²) in [6.07, 6.45) is 7.73. The molecule has 0 bridgehead atoms. The second kappa shape index (κ2) is 17.0. The lowest BCUT2D eigenvalue weighted by atomic mass is 9.80. The fourth-order valence-corrected chi connectivity index (χ4v) is 7.64. The lowest BCUT2D eigenvalue weighted by molar-refractivity contribution is -0.148. The minimum absolute atomic E-state index is 0.0122. The highest BCUT2D eigenvalue weighted by Crippen LogP contribution is 2.42. The maximum atomic E-state index is 12.2. The van der Waals surface area contributed by atoms with Crippen LogP contribution in [0.15, 0.2) is 58.7 Å². The van der Waals surface area contributed by atoms with Crippen molar-refractivity contribution in [1.82, 2.24) is 15.3 Å². The van der Waals surface area contributed by atoms with Gasteiger partial charge in [0.1, 0.15) is 53.0 Å². The summed E-state index contributed by atoms with van der Waals surface area (Å²) in [6.45, 7) is 6.75. The number of carbonyl (C=O) groups excluding carboxylic acids is 2. The number of nitrogens with one attached hydrogen (secondary N) is 1. The molecule has 1 aromatic carbocycles. The number of nitriles is 2. The van der Waals surface area contributed by atoms with Crippen LogP contribution in [0.1, 0.15) is 61.9 Å². The van der Waals surface area contributed by atoms with E-state index in [9.17, 15) is 20.1 Å². The summed E-state index contributed by atoms with van der Waals surface area (Å²) >= 11 is 9.06. The molecule has 3 aromatic rings. The number of nitrogens with two attached hydrogens (primary N) is 1. The zero-order valence-electron chi connectivity index (χ0n) is 28.0. The lowest BCUT2D eigenvalue weighted by Crippen LogP contribution is -2.46.